The van der Waals surface area contributed by atoms with Gasteiger partial charge in [0.25, 0.3) is 0 Å². The van der Waals surface area contributed by atoms with Gasteiger partial charge in [0.15, 0.2) is 0 Å². The maximum absolute atomic E-state index is 12.0. The van der Waals surface area contributed by atoms with Gasteiger partial charge in [-0.2, -0.15) is 5.10 Å². The van der Waals surface area contributed by atoms with E-state index >= 15 is 0 Å². The van der Waals surface area contributed by atoms with Crippen molar-refractivity contribution in [1.29, 1.82) is 0 Å². The number of nitrogens with one attached hydrogen (secondary N) is 1. The normalized spacial score (nSPS) is 16.1. The standard InChI is InChI=1S/C20H30N4O3/c1-4-26-20(25)19-17(11-21-22-19)13-23(3)12-16-7-9-24(10-8-16)14-18-6-5-15(2)27-18/h5-6,11,16H,4,7-10,12-14H2,1-3H3,(H,21,22). The molecule has 1 saturated heterocycles. The van der Waals surface area contributed by atoms with Crippen LogP contribution in [-0.4, -0.2) is 59.3 Å². The summed E-state index contributed by atoms with van der Waals surface area (Å²) in [6.45, 7) is 8.95. The van der Waals surface area contributed by atoms with Crippen LogP contribution in [0, 0.1) is 12.8 Å². The Bertz CT molecular complexity index is 731. The molecule has 0 amide bonds. The zero-order valence-corrected chi connectivity index (χ0v) is 16.5. The summed E-state index contributed by atoms with van der Waals surface area (Å²) in [6.07, 6.45) is 4.08. The number of carbonyl (C=O) groups excluding carboxylic acids is 1. The van der Waals surface area contributed by atoms with Crippen LogP contribution in [0.5, 0.6) is 0 Å². The molecule has 2 aromatic heterocycles. The predicted octanol–water partition coefficient (Wildman–Crippen LogP) is 2.83. The lowest BCUT2D eigenvalue weighted by Gasteiger charge is -2.33. The summed E-state index contributed by atoms with van der Waals surface area (Å²) in [4.78, 5) is 16.7. The molecule has 0 unspecified atom stereocenters. The van der Waals surface area contributed by atoms with Gasteiger partial charge in [-0.15, -0.1) is 0 Å². The fourth-order valence-electron chi connectivity index (χ4n) is 3.72. The number of aromatic nitrogens is 2. The van der Waals surface area contributed by atoms with Crippen molar-refractivity contribution in [3.63, 3.8) is 0 Å². The van der Waals surface area contributed by atoms with Gasteiger partial charge < -0.3 is 14.1 Å². The lowest BCUT2D eigenvalue weighted by Crippen LogP contribution is -2.37. The summed E-state index contributed by atoms with van der Waals surface area (Å²) in [5.74, 6) is 2.36. The number of likely N-dealkylation sites (tertiary alicyclic amines) is 1. The highest BCUT2D eigenvalue weighted by molar-refractivity contribution is 5.88. The van der Waals surface area contributed by atoms with Crippen LogP contribution in [-0.2, 0) is 17.8 Å². The molecule has 27 heavy (non-hydrogen) atoms. The van der Waals surface area contributed by atoms with Crippen LogP contribution in [0.15, 0.2) is 22.7 Å². The number of aryl methyl sites for hydroxylation is 1. The summed E-state index contributed by atoms with van der Waals surface area (Å²) < 4.78 is 10.8. The van der Waals surface area contributed by atoms with Gasteiger partial charge >= 0.3 is 5.97 Å². The molecule has 3 rings (SSSR count). The van der Waals surface area contributed by atoms with Crippen LogP contribution in [0.4, 0.5) is 0 Å². The number of rotatable bonds is 8. The van der Waals surface area contributed by atoms with Gasteiger partial charge in [0, 0.05) is 18.7 Å². The molecule has 7 heteroatoms. The number of esters is 1. The number of furan rings is 1. The predicted molar refractivity (Wildman–Crippen MR) is 102 cm³/mol. The second kappa shape index (κ2) is 9.19. The van der Waals surface area contributed by atoms with Gasteiger partial charge in [0.1, 0.15) is 17.2 Å². The van der Waals surface area contributed by atoms with E-state index in [0.29, 0.717) is 24.8 Å². The van der Waals surface area contributed by atoms with Crippen LogP contribution in [0.3, 0.4) is 0 Å². The SMILES string of the molecule is CCOC(=O)c1[nH]ncc1CN(C)CC1CCN(Cc2ccc(C)o2)CC1. The zero-order valence-electron chi connectivity index (χ0n) is 16.5. The molecule has 148 valence electrons. The monoisotopic (exact) mass is 374 g/mol. The van der Waals surface area contributed by atoms with Crippen molar-refractivity contribution in [2.24, 2.45) is 5.92 Å². The summed E-state index contributed by atoms with van der Waals surface area (Å²) in [5, 5.41) is 6.77. The van der Waals surface area contributed by atoms with Crippen molar-refractivity contribution >= 4 is 5.97 Å². The summed E-state index contributed by atoms with van der Waals surface area (Å²) >= 11 is 0. The number of piperidine rings is 1. The number of carbonyl (C=O) groups is 1. The molecule has 1 aliphatic heterocycles. The van der Waals surface area contributed by atoms with Crippen molar-refractivity contribution in [3.8, 4) is 0 Å². The Kier molecular flexibility index (Phi) is 6.68. The van der Waals surface area contributed by atoms with Crippen molar-refractivity contribution in [3.05, 3.63) is 41.1 Å². The smallest absolute Gasteiger partial charge is 0.356 e. The molecule has 3 heterocycles. The number of ether oxygens (including phenoxy) is 1. The van der Waals surface area contributed by atoms with Crippen LogP contribution in [0.2, 0.25) is 0 Å². The van der Waals surface area contributed by atoms with E-state index < -0.39 is 0 Å². The van der Waals surface area contributed by atoms with Gasteiger partial charge in [-0.3, -0.25) is 10.00 Å². The highest BCUT2D eigenvalue weighted by Crippen LogP contribution is 2.21. The van der Waals surface area contributed by atoms with Crippen molar-refractivity contribution < 1.29 is 13.9 Å². The van der Waals surface area contributed by atoms with Crippen molar-refractivity contribution in [2.45, 2.75) is 39.8 Å². The Labute approximate surface area is 160 Å². The van der Waals surface area contributed by atoms with Gasteiger partial charge in [-0.25, -0.2) is 4.79 Å². The number of aromatic amines is 1. The summed E-state index contributed by atoms with van der Waals surface area (Å²) in [7, 11) is 2.10. The zero-order chi connectivity index (χ0) is 19.2. The maximum Gasteiger partial charge on any atom is 0.356 e. The number of H-pyrrole nitrogens is 1. The number of nitrogens with zero attached hydrogens (tertiary/aromatic N) is 3. The maximum atomic E-state index is 12.0. The molecule has 0 atom stereocenters. The van der Waals surface area contributed by atoms with Crippen LogP contribution < -0.4 is 0 Å². The minimum absolute atomic E-state index is 0.333. The quantitative estimate of drug-likeness (QED) is 0.716. The summed E-state index contributed by atoms with van der Waals surface area (Å²) in [6, 6.07) is 4.10. The molecule has 0 spiro atoms. The first kappa shape index (κ1) is 19.6. The van der Waals surface area contributed by atoms with E-state index in [1.54, 1.807) is 13.1 Å². The highest BCUT2D eigenvalue weighted by Gasteiger charge is 2.22. The van der Waals surface area contributed by atoms with E-state index in [1.807, 2.05) is 13.0 Å². The second-order valence-electron chi connectivity index (χ2n) is 7.42. The molecular weight excluding hydrogens is 344 g/mol. The molecule has 0 aliphatic carbocycles. The molecule has 0 aromatic carbocycles. The first-order valence-corrected chi connectivity index (χ1v) is 9.70. The van der Waals surface area contributed by atoms with E-state index in [9.17, 15) is 4.79 Å². The molecule has 0 saturated carbocycles. The Hall–Kier alpha value is -2.12. The van der Waals surface area contributed by atoms with E-state index in [1.165, 1.54) is 12.8 Å². The molecular formula is C20H30N4O3. The third-order valence-corrected chi connectivity index (χ3v) is 5.09. The molecule has 1 N–H and O–H groups in total. The van der Waals surface area contributed by atoms with E-state index in [4.69, 9.17) is 9.15 Å². The van der Waals surface area contributed by atoms with Crippen molar-refractivity contribution in [1.82, 2.24) is 20.0 Å². The van der Waals surface area contributed by atoms with Gasteiger partial charge in [-0.05, 0) is 64.9 Å². The average Bonchev–Trinajstić information content (AvgIpc) is 3.26. The molecule has 1 aliphatic rings. The summed E-state index contributed by atoms with van der Waals surface area (Å²) in [5.41, 5.74) is 1.36. The molecule has 0 radical (unpaired) electrons. The molecule has 7 nitrogen and oxygen atoms in total. The minimum Gasteiger partial charge on any atom is -0.465 e. The van der Waals surface area contributed by atoms with E-state index in [0.717, 1.165) is 43.3 Å². The van der Waals surface area contributed by atoms with Crippen LogP contribution in [0.1, 0.15) is 47.3 Å². The highest BCUT2D eigenvalue weighted by atomic mass is 16.5. The van der Waals surface area contributed by atoms with Gasteiger partial charge in [0.05, 0.1) is 19.3 Å². The average molecular weight is 374 g/mol. The number of hydrogen-bond acceptors (Lipinski definition) is 6. The lowest BCUT2D eigenvalue weighted by atomic mass is 9.96. The number of hydrogen-bond donors (Lipinski definition) is 1. The topological polar surface area (TPSA) is 74.6 Å². The Morgan fingerprint density at radius 2 is 2.19 bits per heavy atom. The fourth-order valence-corrected chi connectivity index (χ4v) is 3.72. The van der Waals surface area contributed by atoms with Crippen molar-refractivity contribution in [2.75, 3.05) is 33.3 Å². The molecule has 0 bridgehead atoms. The minimum atomic E-state index is -0.333. The molecule has 1 fully saturated rings. The molecule has 2 aromatic rings. The first-order valence-electron chi connectivity index (χ1n) is 9.70. The Balaban J connectivity index is 1.44. The largest absolute Gasteiger partial charge is 0.465 e. The fraction of sp³-hybridized carbons (Fsp3) is 0.600. The lowest BCUT2D eigenvalue weighted by molar-refractivity contribution is 0.0517. The van der Waals surface area contributed by atoms with Gasteiger partial charge in [-0.1, -0.05) is 0 Å². The van der Waals surface area contributed by atoms with Crippen LogP contribution in [0.25, 0.3) is 0 Å². The first-order chi connectivity index (χ1) is 13.0. The third kappa shape index (κ3) is 5.43. The van der Waals surface area contributed by atoms with E-state index in [-0.39, 0.29) is 5.97 Å². The third-order valence-electron chi connectivity index (χ3n) is 5.09. The van der Waals surface area contributed by atoms with E-state index in [2.05, 4.69) is 33.1 Å². The second-order valence-corrected chi connectivity index (χ2v) is 7.42. The van der Waals surface area contributed by atoms with Gasteiger partial charge in [0.2, 0.25) is 0 Å². The Morgan fingerprint density at radius 3 is 2.85 bits per heavy atom. The Morgan fingerprint density at radius 1 is 1.41 bits per heavy atom. The van der Waals surface area contributed by atoms with Crippen LogP contribution >= 0.6 is 0 Å².